The van der Waals surface area contributed by atoms with Gasteiger partial charge >= 0.3 is 5.97 Å². The third kappa shape index (κ3) is 3.27. The van der Waals surface area contributed by atoms with Crippen LogP contribution in [0.4, 0.5) is 0 Å². The van der Waals surface area contributed by atoms with E-state index in [1.807, 2.05) is 0 Å². The van der Waals surface area contributed by atoms with E-state index in [0.717, 1.165) is 0 Å². The van der Waals surface area contributed by atoms with Crippen molar-refractivity contribution in [2.45, 2.75) is 19.3 Å². The van der Waals surface area contributed by atoms with Crippen molar-refractivity contribution in [1.29, 1.82) is 0 Å². The van der Waals surface area contributed by atoms with E-state index in [9.17, 15) is 9.59 Å². The molecular weight excluding hydrogens is 248 g/mol. The first-order valence-corrected chi connectivity index (χ1v) is 5.97. The molecule has 0 spiro atoms. The van der Waals surface area contributed by atoms with E-state index in [-0.39, 0.29) is 12.3 Å². The van der Waals surface area contributed by atoms with Gasteiger partial charge in [0.1, 0.15) is 5.56 Å². The van der Waals surface area contributed by atoms with Gasteiger partial charge in [0.2, 0.25) is 0 Å². The van der Waals surface area contributed by atoms with E-state index < -0.39 is 5.97 Å². The monoisotopic (exact) mass is 262 g/mol. The summed E-state index contributed by atoms with van der Waals surface area (Å²) < 4.78 is 1.53. The molecule has 0 aliphatic rings. The standard InChI is InChI=1S/C12H14N4O3/c17-10(18)4-1-2-5-14-12(19)9-8-15-16-7-3-6-13-11(9)16/h3,6-8H,1-2,4-5H2,(H,14,19)(H,17,18). The van der Waals surface area contributed by atoms with E-state index in [2.05, 4.69) is 15.4 Å². The highest BCUT2D eigenvalue weighted by molar-refractivity contribution is 5.99. The van der Waals surface area contributed by atoms with Crippen LogP contribution in [-0.4, -0.2) is 38.1 Å². The van der Waals surface area contributed by atoms with Gasteiger partial charge in [0.25, 0.3) is 5.91 Å². The zero-order valence-electron chi connectivity index (χ0n) is 10.2. The molecule has 7 nitrogen and oxygen atoms in total. The normalized spacial score (nSPS) is 10.5. The Labute approximate surface area is 109 Å². The number of aliphatic carboxylic acids is 1. The number of aromatic nitrogens is 3. The van der Waals surface area contributed by atoms with Crippen LogP contribution in [0.2, 0.25) is 0 Å². The molecule has 0 atom stereocenters. The molecule has 0 fully saturated rings. The van der Waals surface area contributed by atoms with Crippen LogP contribution in [0.5, 0.6) is 0 Å². The van der Waals surface area contributed by atoms with Crippen molar-refractivity contribution in [2.24, 2.45) is 0 Å². The molecule has 2 aromatic heterocycles. The van der Waals surface area contributed by atoms with Gasteiger partial charge in [-0.05, 0) is 18.9 Å². The number of carboxylic acids is 1. The van der Waals surface area contributed by atoms with E-state index in [0.29, 0.717) is 30.6 Å². The predicted octanol–water partition coefficient (Wildman–Crippen LogP) is 0.714. The van der Waals surface area contributed by atoms with Gasteiger partial charge < -0.3 is 10.4 Å². The van der Waals surface area contributed by atoms with Crippen molar-refractivity contribution in [3.05, 3.63) is 30.2 Å². The molecule has 0 radical (unpaired) electrons. The molecule has 0 saturated heterocycles. The number of nitrogens with one attached hydrogen (secondary N) is 1. The maximum absolute atomic E-state index is 11.9. The molecule has 1 amide bonds. The van der Waals surface area contributed by atoms with Gasteiger partial charge in [-0.3, -0.25) is 9.59 Å². The Morgan fingerprint density at radius 3 is 3.00 bits per heavy atom. The average Bonchev–Trinajstić information content (AvgIpc) is 2.81. The Hall–Kier alpha value is -2.44. The van der Waals surface area contributed by atoms with Gasteiger partial charge in [0, 0.05) is 25.4 Å². The van der Waals surface area contributed by atoms with Crippen LogP contribution in [0.15, 0.2) is 24.7 Å². The second kappa shape index (κ2) is 5.94. The van der Waals surface area contributed by atoms with Gasteiger partial charge in [0.15, 0.2) is 5.65 Å². The van der Waals surface area contributed by atoms with Crippen LogP contribution in [0, 0.1) is 0 Å². The van der Waals surface area contributed by atoms with E-state index >= 15 is 0 Å². The minimum atomic E-state index is -0.821. The van der Waals surface area contributed by atoms with Gasteiger partial charge in [-0.15, -0.1) is 0 Å². The van der Waals surface area contributed by atoms with Crippen LogP contribution < -0.4 is 5.32 Å². The third-order valence-electron chi connectivity index (χ3n) is 2.63. The van der Waals surface area contributed by atoms with Gasteiger partial charge in [-0.25, -0.2) is 9.50 Å². The molecule has 2 rings (SSSR count). The third-order valence-corrected chi connectivity index (χ3v) is 2.63. The predicted molar refractivity (Wildman–Crippen MR) is 66.8 cm³/mol. The average molecular weight is 262 g/mol. The number of carboxylic acid groups (broad SMARTS) is 1. The second-order valence-electron chi connectivity index (χ2n) is 4.05. The molecule has 0 aliphatic carbocycles. The Balaban J connectivity index is 1.88. The van der Waals surface area contributed by atoms with E-state index in [1.54, 1.807) is 18.5 Å². The van der Waals surface area contributed by atoms with Crippen LogP contribution in [-0.2, 0) is 4.79 Å². The van der Waals surface area contributed by atoms with Gasteiger partial charge in [-0.2, -0.15) is 5.10 Å². The summed E-state index contributed by atoms with van der Waals surface area (Å²) in [6.45, 7) is 0.441. The van der Waals surface area contributed by atoms with Crippen LogP contribution >= 0.6 is 0 Å². The lowest BCUT2D eigenvalue weighted by atomic mass is 10.2. The summed E-state index contributed by atoms with van der Waals surface area (Å²) >= 11 is 0. The molecule has 0 unspecified atom stereocenters. The minimum absolute atomic E-state index is 0.119. The SMILES string of the molecule is O=C(O)CCCCNC(=O)c1cnn2cccnc12. The summed E-state index contributed by atoms with van der Waals surface area (Å²) in [7, 11) is 0. The highest BCUT2D eigenvalue weighted by Crippen LogP contribution is 2.06. The summed E-state index contributed by atoms with van der Waals surface area (Å²) in [6.07, 6.45) is 6.07. The molecule has 100 valence electrons. The first kappa shape index (κ1) is 13.0. The first-order chi connectivity index (χ1) is 9.18. The number of hydrogen-bond acceptors (Lipinski definition) is 4. The summed E-state index contributed by atoms with van der Waals surface area (Å²) in [5, 5.41) is 15.2. The lowest BCUT2D eigenvalue weighted by Crippen LogP contribution is -2.24. The fraction of sp³-hybridized carbons (Fsp3) is 0.333. The lowest BCUT2D eigenvalue weighted by molar-refractivity contribution is -0.137. The minimum Gasteiger partial charge on any atom is -0.481 e. The van der Waals surface area contributed by atoms with E-state index in [1.165, 1.54) is 10.7 Å². The fourth-order valence-electron chi connectivity index (χ4n) is 1.69. The quantitative estimate of drug-likeness (QED) is 0.747. The van der Waals surface area contributed by atoms with Crippen LogP contribution in [0.25, 0.3) is 5.65 Å². The lowest BCUT2D eigenvalue weighted by Gasteiger charge is -2.02. The molecule has 2 heterocycles. The summed E-state index contributed by atoms with van der Waals surface area (Å²) in [5.41, 5.74) is 0.921. The van der Waals surface area contributed by atoms with Crippen molar-refractivity contribution in [3.8, 4) is 0 Å². The topological polar surface area (TPSA) is 96.6 Å². The molecular formula is C12H14N4O3. The molecule has 0 aromatic carbocycles. The molecule has 19 heavy (non-hydrogen) atoms. The number of hydrogen-bond donors (Lipinski definition) is 2. The fourth-order valence-corrected chi connectivity index (χ4v) is 1.69. The zero-order valence-corrected chi connectivity index (χ0v) is 10.2. The number of amides is 1. The summed E-state index contributed by atoms with van der Waals surface area (Å²) in [4.78, 5) is 26.3. The van der Waals surface area contributed by atoms with Crippen molar-refractivity contribution >= 4 is 17.5 Å². The smallest absolute Gasteiger partial charge is 0.303 e. The van der Waals surface area contributed by atoms with Crippen molar-refractivity contribution in [2.75, 3.05) is 6.54 Å². The number of unbranched alkanes of at least 4 members (excludes halogenated alkanes) is 1. The van der Waals surface area contributed by atoms with Crippen molar-refractivity contribution in [1.82, 2.24) is 19.9 Å². The highest BCUT2D eigenvalue weighted by atomic mass is 16.4. The summed E-state index contributed by atoms with van der Waals surface area (Å²) in [6, 6.07) is 1.73. The maximum atomic E-state index is 11.9. The Bertz CT molecular complexity index is 593. The van der Waals surface area contributed by atoms with Crippen LogP contribution in [0.1, 0.15) is 29.6 Å². The Morgan fingerprint density at radius 2 is 2.21 bits per heavy atom. The molecule has 2 N–H and O–H groups in total. The molecule has 0 bridgehead atoms. The zero-order chi connectivity index (χ0) is 13.7. The highest BCUT2D eigenvalue weighted by Gasteiger charge is 2.12. The number of nitrogens with zero attached hydrogens (tertiary/aromatic N) is 3. The number of carbonyl (C=O) groups excluding carboxylic acids is 1. The number of rotatable bonds is 6. The molecule has 2 aromatic rings. The first-order valence-electron chi connectivity index (χ1n) is 5.97. The summed E-state index contributed by atoms with van der Waals surface area (Å²) in [5.74, 6) is -1.07. The van der Waals surface area contributed by atoms with Gasteiger partial charge in [-0.1, -0.05) is 0 Å². The second-order valence-corrected chi connectivity index (χ2v) is 4.05. The molecule has 7 heteroatoms. The molecule has 0 saturated carbocycles. The van der Waals surface area contributed by atoms with Crippen molar-refractivity contribution < 1.29 is 14.7 Å². The number of fused-ring (bicyclic) bond motifs is 1. The largest absolute Gasteiger partial charge is 0.481 e. The van der Waals surface area contributed by atoms with Gasteiger partial charge in [0.05, 0.1) is 6.20 Å². The Kier molecular flexibility index (Phi) is 4.07. The maximum Gasteiger partial charge on any atom is 0.303 e. The van der Waals surface area contributed by atoms with Crippen molar-refractivity contribution in [3.63, 3.8) is 0 Å². The Morgan fingerprint density at radius 1 is 1.37 bits per heavy atom. The molecule has 0 aliphatic heterocycles. The van der Waals surface area contributed by atoms with E-state index in [4.69, 9.17) is 5.11 Å². The number of carbonyl (C=O) groups is 2. The van der Waals surface area contributed by atoms with Crippen LogP contribution in [0.3, 0.4) is 0 Å².